The predicted octanol–water partition coefficient (Wildman–Crippen LogP) is -0.337. The third-order valence-electron chi connectivity index (χ3n) is 2.81. The maximum Gasteiger partial charge on any atom is 0.191 e. The van der Waals surface area contributed by atoms with Crippen molar-refractivity contribution in [3.8, 4) is 0 Å². The second-order valence-corrected chi connectivity index (χ2v) is 3.98. The Labute approximate surface area is 79.0 Å². The molecule has 1 heterocycles. The van der Waals surface area contributed by atoms with E-state index < -0.39 is 0 Å². The molecule has 1 aliphatic heterocycles. The minimum atomic E-state index is 0.435. The Morgan fingerprint density at radius 2 is 2.46 bits per heavy atom. The first-order valence-electron chi connectivity index (χ1n) is 5.12. The van der Waals surface area contributed by atoms with E-state index in [4.69, 9.17) is 5.73 Å². The van der Waals surface area contributed by atoms with Gasteiger partial charge in [-0.05, 0) is 25.2 Å². The molecule has 0 radical (unpaired) electrons. The van der Waals surface area contributed by atoms with Crippen LogP contribution in [0.5, 0.6) is 0 Å². The molecule has 0 bridgehead atoms. The van der Waals surface area contributed by atoms with Gasteiger partial charge in [0.2, 0.25) is 0 Å². The van der Waals surface area contributed by atoms with E-state index in [-0.39, 0.29) is 0 Å². The van der Waals surface area contributed by atoms with Crippen molar-refractivity contribution in [3.63, 3.8) is 0 Å². The van der Waals surface area contributed by atoms with Crippen molar-refractivity contribution in [1.82, 2.24) is 10.6 Å². The second kappa shape index (κ2) is 3.96. The SMILES string of the molecule is NC1CCC(CNC2=NCCN2)C1. The highest BCUT2D eigenvalue weighted by atomic mass is 15.2. The molecule has 1 aliphatic carbocycles. The summed E-state index contributed by atoms with van der Waals surface area (Å²) in [5.74, 6) is 1.72. The largest absolute Gasteiger partial charge is 0.356 e. The number of hydrogen-bond donors (Lipinski definition) is 3. The average molecular weight is 182 g/mol. The van der Waals surface area contributed by atoms with Gasteiger partial charge in [0.05, 0.1) is 6.54 Å². The summed E-state index contributed by atoms with van der Waals surface area (Å²) in [5.41, 5.74) is 5.84. The van der Waals surface area contributed by atoms with Crippen molar-refractivity contribution in [3.05, 3.63) is 0 Å². The van der Waals surface area contributed by atoms with Crippen LogP contribution in [0.1, 0.15) is 19.3 Å². The minimum absolute atomic E-state index is 0.435. The van der Waals surface area contributed by atoms with Gasteiger partial charge < -0.3 is 16.4 Å². The molecular formula is C9H18N4. The van der Waals surface area contributed by atoms with E-state index in [1.165, 1.54) is 19.3 Å². The summed E-state index contributed by atoms with van der Waals surface area (Å²) in [4.78, 5) is 4.28. The lowest BCUT2D eigenvalue weighted by Gasteiger charge is -2.11. The van der Waals surface area contributed by atoms with Gasteiger partial charge in [0, 0.05) is 19.1 Å². The second-order valence-electron chi connectivity index (χ2n) is 3.98. The normalized spacial score (nSPS) is 32.8. The molecule has 0 amide bonds. The van der Waals surface area contributed by atoms with E-state index in [0.717, 1.165) is 31.5 Å². The van der Waals surface area contributed by atoms with Crippen molar-refractivity contribution in [2.24, 2.45) is 16.6 Å². The summed E-state index contributed by atoms with van der Waals surface area (Å²) in [6, 6.07) is 0.435. The van der Waals surface area contributed by atoms with Gasteiger partial charge in [0.15, 0.2) is 5.96 Å². The standard InChI is InChI=1S/C9H18N4/c10-8-2-1-7(5-8)6-13-9-11-3-4-12-9/h7-8H,1-6,10H2,(H2,11,12,13). The molecule has 0 aromatic heterocycles. The number of aliphatic imine (C=N–C) groups is 1. The van der Waals surface area contributed by atoms with Gasteiger partial charge in [-0.2, -0.15) is 0 Å². The van der Waals surface area contributed by atoms with Crippen LogP contribution in [0.25, 0.3) is 0 Å². The number of rotatable bonds is 2. The number of nitrogens with zero attached hydrogens (tertiary/aromatic N) is 1. The van der Waals surface area contributed by atoms with Crippen molar-refractivity contribution in [2.75, 3.05) is 19.6 Å². The molecular weight excluding hydrogens is 164 g/mol. The van der Waals surface area contributed by atoms with E-state index in [1.807, 2.05) is 0 Å². The minimum Gasteiger partial charge on any atom is -0.356 e. The van der Waals surface area contributed by atoms with Crippen LogP contribution in [-0.2, 0) is 0 Å². The van der Waals surface area contributed by atoms with Gasteiger partial charge >= 0.3 is 0 Å². The molecule has 0 aromatic rings. The van der Waals surface area contributed by atoms with Gasteiger partial charge in [-0.1, -0.05) is 0 Å². The Bertz CT molecular complexity index is 202. The number of guanidine groups is 1. The van der Waals surface area contributed by atoms with Gasteiger partial charge in [0.1, 0.15) is 0 Å². The van der Waals surface area contributed by atoms with Gasteiger partial charge in [0.25, 0.3) is 0 Å². The van der Waals surface area contributed by atoms with E-state index in [1.54, 1.807) is 0 Å². The molecule has 1 fully saturated rings. The molecule has 2 aliphatic rings. The molecule has 4 heteroatoms. The van der Waals surface area contributed by atoms with Crippen LogP contribution in [0.2, 0.25) is 0 Å². The summed E-state index contributed by atoms with van der Waals surface area (Å²) >= 11 is 0. The first-order chi connectivity index (χ1) is 6.34. The summed E-state index contributed by atoms with van der Waals surface area (Å²) in [6.45, 7) is 2.92. The fourth-order valence-corrected chi connectivity index (χ4v) is 2.06. The highest BCUT2D eigenvalue weighted by molar-refractivity contribution is 5.81. The third kappa shape index (κ3) is 2.34. The van der Waals surface area contributed by atoms with Crippen LogP contribution in [0.4, 0.5) is 0 Å². The molecule has 2 unspecified atom stereocenters. The first kappa shape index (κ1) is 8.81. The average Bonchev–Trinajstić information content (AvgIpc) is 2.71. The Balaban J connectivity index is 1.67. The molecule has 1 saturated carbocycles. The Hall–Kier alpha value is -0.770. The fourth-order valence-electron chi connectivity index (χ4n) is 2.06. The molecule has 0 aromatic carbocycles. The summed E-state index contributed by atoms with van der Waals surface area (Å²) in [6.07, 6.45) is 3.62. The van der Waals surface area contributed by atoms with Gasteiger partial charge in [-0.15, -0.1) is 0 Å². The Morgan fingerprint density at radius 3 is 3.08 bits per heavy atom. The molecule has 74 valence electrons. The Morgan fingerprint density at radius 1 is 1.54 bits per heavy atom. The predicted molar refractivity (Wildman–Crippen MR) is 53.6 cm³/mol. The van der Waals surface area contributed by atoms with Crippen LogP contribution >= 0.6 is 0 Å². The van der Waals surface area contributed by atoms with Crippen molar-refractivity contribution >= 4 is 5.96 Å². The summed E-state index contributed by atoms with van der Waals surface area (Å²) in [7, 11) is 0. The van der Waals surface area contributed by atoms with Gasteiger partial charge in [-0.25, -0.2) is 0 Å². The fraction of sp³-hybridized carbons (Fsp3) is 0.889. The summed E-state index contributed by atoms with van der Waals surface area (Å²) in [5, 5.41) is 6.53. The number of nitrogens with one attached hydrogen (secondary N) is 2. The third-order valence-corrected chi connectivity index (χ3v) is 2.81. The van der Waals surface area contributed by atoms with Crippen LogP contribution < -0.4 is 16.4 Å². The molecule has 13 heavy (non-hydrogen) atoms. The highest BCUT2D eigenvalue weighted by Crippen LogP contribution is 2.22. The number of nitrogens with two attached hydrogens (primary N) is 1. The Kier molecular flexibility index (Phi) is 2.68. The highest BCUT2D eigenvalue weighted by Gasteiger charge is 2.21. The maximum absolute atomic E-state index is 5.84. The number of hydrogen-bond acceptors (Lipinski definition) is 4. The molecule has 0 saturated heterocycles. The lowest BCUT2D eigenvalue weighted by atomic mass is 10.1. The van der Waals surface area contributed by atoms with E-state index in [0.29, 0.717) is 6.04 Å². The van der Waals surface area contributed by atoms with E-state index in [2.05, 4.69) is 15.6 Å². The molecule has 4 nitrogen and oxygen atoms in total. The zero-order chi connectivity index (χ0) is 9.10. The van der Waals surface area contributed by atoms with Crippen molar-refractivity contribution < 1.29 is 0 Å². The monoisotopic (exact) mass is 182 g/mol. The van der Waals surface area contributed by atoms with Crippen LogP contribution in [0.3, 0.4) is 0 Å². The molecule has 2 atom stereocenters. The lowest BCUT2D eigenvalue weighted by molar-refractivity contribution is 0.523. The maximum atomic E-state index is 5.84. The smallest absolute Gasteiger partial charge is 0.191 e. The molecule has 4 N–H and O–H groups in total. The first-order valence-corrected chi connectivity index (χ1v) is 5.12. The van der Waals surface area contributed by atoms with E-state index in [9.17, 15) is 0 Å². The topological polar surface area (TPSA) is 62.4 Å². The quantitative estimate of drug-likeness (QED) is 0.547. The van der Waals surface area contributed by atoms with E-state index >= 15 is 0 Å². The zero-order valence-corrected chi connectivity index (χ0v) is 7.92. The van der Waals surface area contributed by atoms with Crippen LogP contribution in [-0.4, -0.2) is 31.6 Å². The van der Waals surface area contributed by atoms with Crippen molar-refractivity contribution in [1.29, 1.82) is 0 Å². The summed E-state index contributed by atoms with van der Waals surface area (Å²) < 4.78 is 0. The zero-order valence-electron chi connectivity index (χ0n) is 7.92. The van der Waals surface area contributed by atoms with Gasteiger partial charge in [-0.3, -0.25) is 4.99 Å². The van der Waals surface area contributed by atoms with Crippen LogP contribution in [0.15, 0.2) is 4.99 Å². The molecule has 2 rings (SSSR count). The lowest BCUT2D eigenvalue weighted by Crippen LogP contribution is -2.36. The van der Waals surface area contributed by atoms with Crippen molar-refractivity contribution in [2.45, 2.75) is 25.3 Å². The van der Waals surface area contributed by atoms with Crippen LogP contribution in [0, 0.1) is 5.92 Å². The molecule has 0 spiro atoms.